The standard InChI is InChI=1S/C20H17Cl2N3O2/c1-13-9-19(27)25(20(24-13)14-6-4-7-16(21)10-14)12-18(26)23-11-15-5-2-3-8-17(15)22/h2-10H,11-12H2,1H3,(H,23,26). The SMILES string of the molecule is Cc1cc(=O)n(CC(=O)NCc2ccccc2Cl)c(-c2cccc(Cl)c2)n1. The van der Waals surface area contributed by atoms with Crippen molar-refractivity contribution in [3.8, 4) is 11.4 Å². The summed E-state index contributed by atoms with van der Waals surface area (Å²) in [6, 6.07) is 15.7. The van der Waals surface area contributed by atoms with Crippen molar-refractivity contribution in [3.05, 3.63) is 86.3 Å². The van der Waals surface area contributed by atoms with Crippen LogP contribution < -0.4 is 10.9 Å². The van der Waals surface area contributed by atoms with E-state index in [0.717, 1.165) is 5.56 Å². The Hall–Kier alpha value is -2.63. The van der Waals surface area contributed by atoms with Crippen molar-refractivity contribution in [3.63, 3.8) is 0 Å². The maximum absolute atomic E-state index is 12.5. The molecule has 0 bridgehead atoms. The number of carbonyl (C=O) groups is 1. The average molecular weight is 402 g/mol. The first-order valence-corrected chi connectivity index (χ1v) is 9.04. The summed E-state index contributed by atoms with van der Waals surface area (Å²) in [5.74, 6) is 0.0846. The molecule has 0 spiro atoms. The van der Waals surface area contributed by atoms with Crippen molar-refractivity contribution in [2.75, 3.05) is 0 Å². The Bertz CT molecular complexity index is 1050. The van der Waals surface area contributed by atoms with Gasteiger partial charge in [0.25, 0.3) is 5.56 Å². The van der Waals surface area contributed by atoms with Crippen molar-refractivity contribution in [1.82, 2.24) is 14.9 Å². The van der Waals surface area contributed by atoms with Crippen LogP contribution in [0.4, 0.5) is 0 Å². The second kappa shape index (κ2) is 8.37. The Morgan fingerprint density at radius 1 is 1.11 bits per heavy atom. The van der Waals surface area contributed by atoms with Crippen molar-refractivity contribution >= 4 is 29.1 Å². The first-order chi connectivity index (χ1) is 12.9. The number of benzene rings is 2. The van der Waals surface area contributed by atoms with E-state index in [-0.39, 0.29) is 24.6 Å². The molecule has 1 N–H and O–H groups in total. The van der Waals surface area contributed by atoms with Gasteiger partial charge >= 0.3 is 0 Å². The number of rotatable bonds is 5. The molecule has 3 rings (SSSR count). The van der Waals surface area contributed by atoms with Crippen LogP contribution in [-0.4, -0.2) is 15.5 Å². The van der Waals surface area contributed by atoms with Gasteiger partial charge in [-0.2, -0.15) is 0 Å². The summed E-state index contributed by atoms with van der Waals surface area (Å²) in [6.07, 6.45) is 0. The molecule has 1 aromatic heterocycles. The number of hydrogen-bond acceptors (Lipinski definition) is 3. The van der Waals surface area contributed by atoms with Crippen LogP contribution in [0.2, 0.25) is 10.0 Å². The monoisotopic (exact) mass is 401 g/mol. The number of hydrogen-bond donors (Lipinski definition) is 1. The van der Waals surface area contributed by atoms with Gasteiger partial charge in [0.2, 0.25) is 5.91 Å². The third-order valence-corrected chi connectivity index (χ3v) is 4.56. The molecule has 2 aromatic carbocycles. The minimum absolute atomic E-state index is 0.154. The fourth-order valence-electron chi connectivity index (χ4n) is 2.66. The molecule has 0 unspecified atom stereocenters. The third kappa shape index (κ3) is 4.76. The second-order valence-electron chi connectivity index (χ2n) is 6.02. The Morgan fingerprint density at radius 3 is 2.63 bits per heavy atom. The van der Waals surface area contributed by atoms with Crippen LogP contribution in [0.1, 0.15) is 11.3 Å². The molecule has 1 heterocycles. The van der Waals surface area contributed by atoms with E-state index in [1.807, 2.05) is 18.2 Å². The molecule has 5 nitrogen and oxygen atoms in total. The minimum atomic E-state index is -0.314. The van der Waals surface area contributed by atoms with Crippen molar-refractivity contribution < 1.29 is 4.79 Å². The van der Waals surface area contributed by atoms with E-state index in [4.69, 9.17) is 23.2 Å². The van der Waals surface area contributed by atoms with Crippen molar-refractivity contribution in [2.45, 2.75) is 20.0 Å². The molecule has 0 atom stereocenters. The molecule has 1 amide bonds. The molecule has 0 fully saturated rings. The first-order valence-electron chi connectivity index (χ1n) is 8.28. The molecule has 27 heavy (non-hydrogen) atoms. The molecule has 0 aliphatic rings. The second-order valence-corrected chi connectivity index (χ2v) is 6.87. The number of aryl methyl sites for hydroxylation is 1. The van der Waals surface area contributed by atoms with Gasteiger partial charge in [0.05, 0.1) is 0 Å². The first kappa shape index (κ1) is 19.1. The molecular weight excluding hydrogens is 385 g/mol. The highest BCUT2D eigenvalue weighted by Gasteiger charge is 2.13. The van der Waals surface area contributed by atoms with Crippen LogP contribution >= 0.6 is 23.2 Å². The highest BCUT2D eigenvalue weighted by molar-refractivity contribution is 6.31. The van der Waals surface area contributed by atoms with E-state index in [1.165, 1.54) is 10.6 Å². The number of aromatic nitrogens is 2. The lowest BCUT2D eigenvalue weighted by atomic mass is 10.2. The van der Waals surface area contributed by atoms with Crippen LogP contribution in [0.25, 0.3) is 11.4 Å². The Balaban J connectivity index is 1.85. The molecule has 0 saturated carbocycles. The van der Waals surface area contributed by atoms with Gasteiger partial charge in [0.1, 0.15) is 12.4 Å². The van der Waals surface area contributed by atoms with Gasteiger partial charge in [-0.1, -0.05) is 53.5 Å². The summed E-state index contributed by atoms with van der Waals surface area (Å²) in [5, 5.41) is 3.88. The topological polar surface area (TPSA) is 64.0 Å². The van der Waals surface area contributed by atoms with Crippen LogP contribution in [-0.2, 0) is 17.9 Å². The van der Waals surface area contributed by atoms with Gasteiger partial charge in [-0.15, -0.1) is 0 Å². The lowest BCUT2D eigenvalue weighted by Crippen LogP contribution is -2.33. The normalized spacial score (nSPS) is 10.6. The highest BCUT2D eigenvalue weighted by atomic mass is 35.5. The number of amides is 1. The zero-order chi connectivity index (χ0) is 19.4. The molecule has 0 saturated heterocycles. The van der Waals surface area contributed by atoms with E-state index in [1.54, 1.807) is 37.3 Å². The Labute approximate surface area is 166 Å². The molecule has 0 aliphatic carbocycles. The van der Waals surface area contributed by atoms with E-state index >= 15 is 0 Å². The van der Waals surface area contributed by atoms with E-state index in [2.05, 4.69) is 10.3 Å². The van der Waals surface area contributed by atoms with Crippen LogP contribution in [0.15, 0.2) is 59.4 Å². The summed E-state index contributed by atoms with van der Waals surface area (Å²) in [5.41, 5.74) is 1.74. The molecular formula is C20H17Cl2N3O2. The predicted molar refractivity (Wildman–Crippen MR) is 107 cm³/mol. The molecule has 3 aromatic rings. The number of carbonyl (C=O) groups excluding carboxylic acids is 1. The van der Waals surface area contributed by atoms with Gasteiger partial charge < -0.3 is 5.32 Å². The fraction of sp³-hybridized carbons (Fsp3) is 0.150. The molecule has 0 aliphatic heterocycles. The summed E-state index contributed by atoms with van der Waals surface area (Å²) in [4.78, 5) is 29.3. The quantitative estimate of drug-likeness (QED) is 0.705. The van der Waals surface area contributed by atoms with Gasteiger partial charge in [0.15, 0.2) is 0 Å². The molecule has 0 radical (unpaired) electrons. The van der Waals surface area contributed by atoms with E-state index in [0.29, 0.717) is 27.1 Å². The van der Waals surface area contributed by atoms with Crippen LogP contribution in [0, 0.1) is 6.92 Å². The summed E-state index contributed by atoms with van der Waals surface area (Å²) in [6.45, 7) is 1.86. The van der Waals surface area contributed by atoms with Crippen molar-refractivity contribution in [1.29, 1.82) is 0 Å². The number of nitrogens with zero attached hydrogens (tertiary/aromatic N) is 2. The lowest BCUT2D eigenvalue weighted by Gasteiger charge is -2.13. The zero-order valence-electron chi connectivity index (χ0n) is 14.6. The summed E-state index contributed by atoms with van der Waals surface area (Å²) < 4.78 is 1.33. The van der Waals surface area contributed by atoms with Gasteiger partial charge in [-0.3, -0.25) is 14.2 Å². The Kier molecular flexibility index (Phi) is 5.94. The maximum atomic E-state index is 12.5. The zero-order valence-corrected chi connectivity index (χ0v) is 16.1. The lowest BCUT2D eigenvalue weighted by molar-refractivity contribution is -0.121. The van der Waals surface area contributed by atoms with Gasteiger partial charge in [-0.05, 0) is 30.7 Å². The highest BCUT2D eigenvalue weighted by Crippen LogP contribution is 2.20. The smallest absolute Gasteiger partial charge is 0.254 e. The van der Waals surface area contributed by atoms with Crippen LogP contribution in [0.5, 0.6) is 0 Å². The van der Waals surface area contributed by atoms with Gasteiger partial charge in [0, 0.05) is 33.9 Å². The predicted octanol–water partition coefficient (Wildman–Crippen LogP) is 3.84. The summed E-state index contributed by atoms with van der Waals surface area (Å²) in [7, 11) is 0. The van der Waals surface area contributed by atoms with E-state index in [9.17, 15) is 9.59 Å². The van der Waals surface area contributed by atoms with E-state index < -0.39 is 0 Å². The fourth-order valence-corrected chi connectivity index (χ4v) is 3.05. The molecule has 7 heteroatoms. The van der Waals surface area contributed by atoms with Crippen LogP contribution in [0.3, 0.4) is 0 Å². The van der Waals surface area contributed by atoms with Crippen molar-refractivity contribution in [2.24, 2.45) is 0 Å². The maximum Gasteiger partial charge on any atom is 0.254 e. The summed E-state index contributed by atoms with van der Waals surface area (Å²) >= 11 is 12.2. The van der Waals surface area contributed by atoms with Gasteiger partial charge in [-0.25, -0.2) is 4.98 Å². The average Bonchev–Trinajstić information content (AvgIpc) is 2.63. The number of halogens is 2. The number of nitrogens with one attached hydrogen (secondary N) is 1. The Morgan fingerprint density at radius 2 is 1.89 bits per heavy atom. The largest absolute Gasteiger partial charge is 0.350 e. The minimum Gasteiger partial charge on any atom is -0.350 e. The molecule has 138 valence electrons. The third-order valence-electron chi connectivity index (χ3n) is 3.95.